The third-order valence-corrected chi connectivity index (χ3v) is 2.42. The Kier molecular flexibility index (Phi) is 4.92. The second-order valence-corrected chi connectivity index (χ2v) is 3.61. The van der Waals surface area contributed by atoms with Crippen molar-refractivity contribution in [3.8, 4) is 12.3 Å². The molecule has 0 aliphatic carbocycles. The smallest absolute Gasteiger partial charge is 0.0537 e. The minimum absolute atomic E-state index is 0.740. The molecule has 1 rings (SSSR count). The Balaban J connectivity index is 2.51. The molecule has 0 fully saturated rings. The van der Waals surface area contributed by atoms with Gasteiger partial charge in [-0.05, 0) is 19.9 Å². The molecule has 0 aliphatic rings. The van der Waals surface area contributed by atoms with Gasteiger partial charge in [0, 0.05) is 24.2 Å². The van der Waals surface area contributed by atoms with Crippen molar-refractivity contribution in [2.75, 3.05) is 6.54 Å². The third kappa shape index (κ3) is 3.41. The minimum Gasteiger partial charge on any atom is -0.313 e. The quantitative estimate of drug-likeness (QED) is 0.566. The molecule has 3 nitrogen and oxygen atoms in total. The second kappa shape index (κ2) is 6.26. The highest BCUT2D eigenvalue weighted by Gasteiger charge is 2.04. The topological polar surface area (TPSA) is 29.9 Å². The molecule has 1 aromatic rings. The summed E-state index contributed by atoms with van der Waals surface area (Å²) in [6.07, 6.45) is 9.05. The second-order valence-electron chi connectivity index (χ2n) is 3.61. The van der Waals surface area contributed by atoms with Gasteiger partial charge in [-0.3, -0.25) is 4.68 Å². The number of hydrogen-bond donors (Lipinski definition) is 1. The molecule has 1 heterocycles. The normalized spacial score (nSPS) is 10.2. The molecule has 0 atom stereocenters. The largest absolute Gasteiger partial charge is 0.313 e. The SMILES string of the molecule is C#CCCn1ncc(CNCCC)c1C. The van der Waals surface area contributed by atoms with Gasteiger partial charge >= 0.3 is 0 Å². The first-order valence-electron chi connectivity index (χ1n) is 5.45. The van der Waals surface area contributed by atoms with E-state index in [0.717, 1.165) is 32.5 Å². The number of rotatable bonds is 6. The fourth-order valence-electron chi connectivity index (χ4n) is 1.45. The molecule has 0 saturated carbocycles. The van der Waals surface area contributed by atoms with Gasteiger partial charge in [0.05, 0.1) is 12.7 Å². The van der Waals surface area contributed by atoms with Crippen molar-refractivity contribution < 1.29 is 0 Å². The van der Waals surface area contributed by atoms with Crippen molar-refractivity contribution in [2.45, 2.75) is 39.8 Å². The van der Waals surface area contributed by atoms with E-state index in [2.05, 4.69) is 30.2 Å². The molecule has 82 valence electrons. The Labute approximate surface area is 91.9 Å². The van der Waals surface area contributed by atoms with Gasteiger partial charge in [-0.2, -0.15) is 5.10 Å². The van der Waals surface area contributed by atoms with Crippen LogP contribution in [0.1, 0.15) is 31.0 Å². The molecule has 0 bridgehead atoms. The van der Waals surface area contributed by atoms with Gasteiger partial charge < -0.3 is 5.32 Å². The number of terminal acetylenes is 1. The van der Waals surface area contributed by atoms with E-state index in [4.69, 9.17) is 6.42 Å². The molecule has 0 aliphatic heterocycles. The van der Waals surface area contributed by atoms with Crippen molar-refractivity contribution in [1.82, 2.24) is 15.1 Å². The third-order valence-electron chi connectivity index (χ3n) is 2.42. The van der Waals surface area contributed by atoms with Crippen molar-refractivity contribution in [3.63, 3.8) is 0 Å². The fourth-order valence-corrected chi connectivity index (χ4v) is 1.45. The summed E-state index contributed by atoms with van der Waals surface area (Å²) in [6.45, 7) is 7.02. The zero-order valence-corrected chi connectivity index (χ0v) is 9.58. The summed E-state index contributed by atoms with van der Waals surface area (Å²) in [5, 5.41) is 7.68. The lowest BCUT2D eigenvalue weighted by molar-refractivity contribution is 0.608. The van der Waals surface area contributed by atoms with Gasteiger partial charge in [0.1, 0.15) is 0 Å². The van der Waals surface area contributed by atoms with E-state index in [1.165, 1.54) is 11.3 Å². The van der Waals surface area contributed by atoms with Crippen LogP contribution in [0.5, 0.6) is 0 Å². The zero-order valence-electron chi connectivity index (χ0n) is 9.58. The maximum atomic E-state index is 5.23. The summed E-state index contributed by atoms with van der Waals surface area (Å²) in [7, 11) is 0. The maximum Gasteiger partial charge on any atom is 0.0537 e. The predicted octanol–water partition coefficient (Wildman–Crippen LogP) is 1.71. The summed E-state index contributed by atoms with van der Waals surface area (Å²) >= 11 is 0. The average Bonchev–Trinajstić information content (AvgIpc) is 2.58. The Hall–Kier alpha value is -1.27. The summed E-state index contributed by atoms with van der Waals surface area (Å²) in [5.41, 5.74) is 2.48. The lowest BCUT2D eigenvalue weighted by Gasteiger charge is -2.04. The molecule has 15 heavy (non-hydrogen) atoms. The predicted molar refractivity (Wildman–Crippen MR) is 62.4 cm³/mol. The zero-order chi connectivity index (χ0) is 11.1. The van der Waals surface area contributed by atoms with Crippen molar-refractivity contribution in [3.05, 3.63) is 17.5 Å². The molecule has 0 spiro atoms. The van der Waals surface area contributed by atoms with Gasteiger partial charge in [0.25, 0.3) is 0 Å². The monoisotopic (exact) mass is 205 g/mol. The molecule has 0 unspecified atom stereocenters. The van der Waals surface area contributed by atoms with Gasteiger partial charge in [0.15, 0.2) is 0 Å². The van der Waals surface area contributed by atoms with E-state index in [1.807, 2.05) is 10.9 Å². The van der Waals surface area contributed by atoms with Crippen LogP contribution in [-0.2, 0) is 13.1 Å². The van der Waals surface area contributed by atoms with E-state index in [9.17, 15) is 0 Å². The van der Waals surface area contributed by atoms with Crippen LogP contribution in [0.15, 0.2) is 6.20 Å². The fraction of sp³-hybridized carbons (Fsp3) is 0.583. The number of nitrogens with zero attached hydrogens (tertiary/aromatic N) is 2. The Morgan fingerprint density at radius 2 is 2.40 bits per heavy atom. The minimum atomic E-state index is 0.740. The van der Waals surface area contributed by atoms with Gasteiger partial charge in [-0.1, -0.05) is 6.92 Å². The first-order valence-corrected chi connectivity index (χ1v) is 5.45. The van der Waals surface area contributed by atoms with E-state index in [1.54, 1.807) is 0 Å². The van der Waals surface area contributed by atoms with Crippen LogP contribution in [-0.4, -0.2) is 16.3 Å². The first kappa shape index (κ1) is 11.8. The van der Waals surface area contributed by atoms with Gasteiger partial charge in [0.2, 0.25) is 0 Å². The Morgan fingerprint density at radius 1 is 1.60 bits per heavy atom. The highest BCUT2D eigenvalue weighted by atomic mass is 15.3. The molecular weight excluding hydrogens is 186 g/mol. The van der Waals surface area contributed by atoms with Crippen LogP contribution >= 0.6 is 0 Å². The van der Waals surface area contributed by atoms with Crippen molar-refractivity contribution in [2.24, 2.45) is 0 Å². The lowest BCUT2D eigenvalue weighted by atomic mass is 10.2. The molecule has 1 N–H and O–H groups in total. The lowest BCUT2D eigenvalue weighted by Crippen LogP contribution is -2.14. The van der Waals surface area contributed by atoms with Crippen LogP contribution in [0.3, 0.4) is 0 Å². The van der Waals surface area contributed by atoms with Crippen LogP contribution in [0.25, 0.3) is 0 Å². The summed E-state index contributed by atoms with van der Waals surface area (Å²) in [5.74, 6) is 2.63. The summed E-state index contributed by atoms with van der Waals surface area (Å²) in [4.78, 5) is 0. The number of aryl methyl sites for hydroxylation is 1. The highest BCUT2D eigenvalue weighted by molar-refractivity contribution is 5.15. The standard InChI is InChI=1S/C12H19N3/c1-4-6-8-15-11(3)12(10-14-15)9-13-7-5-2/h1,10,13H,5-9H2,2-3H3. The molecule has 0 amide bonds. The number of aromatic nitrogens is 2. The molecule has 0 aromatic carbocycles. The average molecular weight is 205 g/mol. The van der Waals surface area contributed by atoms with Crippen LogP contribution in [0, 0.1) is 19.3 Å². The van der Waals surface area contributed by atoms with Crippen LogP contribution < -0.4 is 5.32 Å². The Bertz CT molecular complexity index is 333. The maximum absolute atomic E-state index is 5.23. The molecule has 0 saturated heterocycles. The number of hydrogen-bond acceptors (Lipinski definition) is 2. The molecule has 3 heteroatoms. The van der Waals surface area contributed by atoms with E-state index < -0.39 is 0 Å². The van der Waals surface area contributed by atoms with E-state index in [-0.39, 0.29) is 0 Å². The Morgan fingerprint density at radius 3 is 3.07 bits per heavy atom. The first-order chi connectivity index (χ1) is 7.29. The summed E-state index contributed by atoms with van der Waals surface area (Å²) < 4.78 is 1.98. The van der Waals surface area contributed by atoms with E-state index >= 15 is 0 Å². The molecule has 0 radical (unpaired) electrons. The van der Waals surface area contributed by atoms with Crippen molar-refractivity contribution in [1.29, 1.82) is 0 Å². The molecule has 1 aromatic heterocycles. The summed E-state index contributed by atoms with van der Waals surface area (Å²) in [6, 6.07) is 0. The van der Waals surface area contributed by atoms with E-state index in [0.29, 0.717) is 0 Å². The molecular formula is C12H19N3. The van der Waals surface area contributed by atoms with Crippen LogP contribution in [0.4, 0.5) is 0 Å². The van der Waals surface area contributed by atoms with Gasteiger partial charge in [-0.15, -0.1) is 12.3 Å². The highest BCUT2D eigenvalue weighted by Crippen LogP contribution is 2.07. The number of nitrogens with one attached hydrogen (secondary N) is 1. The van der Waals surface area contributed by atoms with Gasteiger partial charge in [-0.25, -0.2) is 0 Å². The van der Waals surface area contributed by atoms with Crippen molar-refractivity contribution >= 4 is 0 Å². The van der Waals surface area contributed by atoms with Crippen LogP contribution in [0.2, 0.25) is 0 Å².